The van der Waals surface area contributed by atoms with Gasteiger partial charge in [0.05, 0.1) is 11.4 Å². The van der Waals surface area contributed by atoms with Crippen LogP contribution in [0.1, 0.15) is 15.9 Å². The Morgan fingerprint density at radius 3 is 1.90 bits per heavy atom. The second-order valence-electron chi connectivity index (χ2n) is 5.27. The van der Waals surface area contributed by atoms with Crippen LogP contribution >= 0.6 is 0 Å². The Bertz CT molecular complexity index is 647. The first-order valence-electron chi connectivity index (χ1n) is 6.99. The summed E-state index contributed by atoms with van der Waals surface area (Å²) in [4.78, 5) is 15.2. The zero-order valence-corrected chi connectivity index (χ0v) is 12.2. The number of fused-ring (bicyclic) bond motifs is 1. The zero-order valence-electron chi connectivity index (χ0n) is 12.2. The molecule has 0 unspecified atom stereocenters. The number of hydrogen-bond acceptors (Lipinski definition) is 3. The van der Waals surface area contributed by atoms with Gasteiger partial charge in [-0.15, -0.1) is 0 Å². The number of nitrogens with zero attached hydrogens (tertiary/aromatic N) is 2. The molecule has 0 radical (unpaired) electrons. The second kappa shape index (κ2) is 5.44. The van der Waals surface area contributed by atoms with Crippen molar-refractivity contribution in [3.63, 3.8) is 0 Å². The van der Waals surface area contributed by atoms with Crippen molar-refractivity contribution in [2.75, 3.05) is 23.9 Å². The largest absolute Gasteiger partial charge is 0.349 e. The van der Waals surface area contributed by atoms with E-state index in [0.29, 0.717) is 5.56 Å². The second-order valence-corrected chi connectivity index (χ2v) is 5.27. The molecule has 0 N–H and O–H groups in total. The topological polar surface area (TPSA) is 23.6 Å². The van der Waals surface area contributed by atoms with Crippen LogP contribution in [0.2, 0.25) is 0 Å². The molecule has 0 fully saturated rings. The maximum absolute atomic E-state index is 10.7. The van der Waals surface area contributed by atoms with Gasteiger partial charge >= 0.3 is 0 Å². The van der Waals surface area contributed by atoms with E-state index in [2.05, 4.69) is 60.3 Å². The number of benzene rings is 2. The molecular weight excluding hydrogens is 260 g/mol. The summed E-state index contributed by atoms with van der Waals surface area (Å²) >= 11 is 0. The van der Waals surface area contributed by atoms with Gasteiger partial charge in [0.1, 0.15) is 12.5 Å². The average Bonchev–Trinajstić information content (AvgIpc) is 2.78. The van der Waals surface area contributed by atoms with Gasteiger partial charge in [-0.2, -0.15) is 0 Å². The average molecular weight is 278 g/mol. The number of anilines is 2. The molecule has 0 amide bonds. The first-order chi connectivity index (χ1) is 10.2. The van der Waals surface area contributed by atoms with Crippen molar-refractivity contribution in [2.45, 2.75) is 6.17 Å². The molecule has 1 heterocycles. The number of carbonyl (C=O) groups excluding carboxylic acids is 1. The molecule has 0 atom stereocenters. The molecule has 2 aromatic carbocycles. The third-order valence-electron chi connectivity index (χ3n) is 3.97. The molecule has 0 saturated heterocycles. The standard InChI is InChI=1S/C18H18N2O/c1-19-16-5-3-4-6-17(16)20(2)18(19)12-11-14-7-9-15(13-21)10-8-14/h3-13,18H,1-2H3. The van der Waals surface area contributed by atoms with Crippen molar-refractivity contribution in [2.24, 2.45) is 0 Å². The summed E-state index contributed by atoms with van der Waals surface area (Å²) in [6.45, 7) is 0. The van der Waals surface area contributed by atoms with Gasteiger partial charge in [0.15, 0.2) is 0 Å². The number of hydrogen-bond donors (Lipinski definition) is 0. The van der Waals surface area contributed by atoms with E-state index in [1.165, 1.54) is 11.4 Å². The van der Waals surface area contributed by atoms with Crippen LogP contribution in [0.25, 0.3) is 6.08 Å². The van der Waals surface area contributed by atoms with Gasteiger partial charge in [-0.3, -0.25) is 4.79 Å². The minimum atomic E-state index is 0.202. The van der Waals surface area contributed by atoms with Gasteiger partial charge in [0.2, 0.25) is 0 Å². The maximum Gasteiger partial charge on any atom is 0.150 e. The van der Waals surface area contributed by atoms with E-state index in [1.54, 1.807) is 0 Å². The van der Waals surface area contributed by atoms with E-state index < -0.39 is 0 Å². The van der Waals surface area contributed by atoms with E-state index in [1.807, 2.05) is 24.3 Å². The van der Waals surface area contributed by atoms with E-state index in [9.17, 15) is 4.79 Å². The van der Waals surface area contributed by atoms with E-state index >= 15 is 0 Å². The van der Waals surface area contributed by atoms with Crippen LogP contribution < -0.4 is 9.80 Å². The number of likely N-dealkylation sites (N-methyl/N-ethyl adjacent to an activating group) is 2. The summed E-state index contributed by atoms with van der Waals surface area (Å²) in [6, 6.07) is 16.0. The molecule has 0 aliphatic carbocycles. The molecule has 0 saturated carbocycles. The smallest absolute Gasteiger partial charge is 0.150 e. The molecule has 3 rings (SSSR count). The minimum Gasteiger partial charge on any atom is -0.349 e. The van der Waals surface area contributed by atoms with Crippen molar-refractivity contribution in [3.8, 4) is 0 Å². The molecule has 0 aromatic heterocycles. The highest BCUT2D eigenvalue weighted by molar-refractivity contribution is 5.78. The van der Waals surface area contributed by atoms with Crippen LogP contribution in [0.5, 0.6) is 0 Å². The fourth-order valence-electron chi connectivity index (χ4n) is 2.75. The number of carbonyl (C=O) groups is 1. The summed E-state index contributed by atoms with van der Waals surface area (Å²) < 4.78 is 0. The lowest BCUT2D eigenvalue weighted by Crippen LogP contribution is -2.37. The molecule has 106 valence electrons. The van der Waals surface area contributed by atoms with Crippen LogP contribution in [0.4, 0.5) is 11.4 Å². The van der Waals surface area contributed by atoms with Crippen molar-refractivity contribution in [1.29, 1.82) is 0 Å². The van der Waals surface area contributed by atoms with Gasteiger partial charge in [-0.05, 0) is 23.8 Å². The Morgan fingerprint density at radius 1 is 0.857 bits per heavy atom. The molecule has 0 spiro atoms. The van der Waals surface area contributed by atoms with E-state index in [0.717, 1.165) is 11.8 Å². The first-order valence-corrected chi connectivity index (χ1v) is 6.99. The molecule has 3 heteroatoms. The summed E-state index contributed by atoms with van der Waals surface area (Å²) in [5.74, 6) is 0. The van der Waals surface area contributed by atoms with Gasteiger partial charge < -0.3 is 9.80 Å². The highest BCUT2D eigenvalue weighted by Gasteiger charge is 2.28. The summed E-state index contributed by atoms with van der Waals surface area (Å²) in [7, 11) is 4.21. The summed E-state index contributed by atoms with van der Waals surface area (Å²) in [5, 5.41) is 0. The Kier molecular flexibility index (Phi) is 3.48. The van der Waals surface area contributed by atoms with Crippen molar-refractivity contribution in [3.05, 3.63) is 65.7 Å². The predicted molar refractivity (Wildman–Crippen MR) is 87.9 cm³/mol. The molecule has 1 aliphatic rings. The Hall–Kier alpha value is -2.55. The lowest BCUT2D eigenvalue weighted by molar-refractivity contribution is 0.112. The third-order valence-corrected chi connectivity index (χ3v) is 3.97. The molecule has 2 aromatic rings. The number of rotatable bonds is 3. The summed E-state index contributed by atoms with van der Waals surface area (Å²) in [6.07, 6.45) is 5.34. The lowest BCUT2D eigenvalue weighted by Gasteiger charge is -2.24. The Balaban J connectivity index is 1.82. The summed E-state index contributed by atoms with van der Waals surface area (Å²) in [5.41, 5.74) is 4.28. The fourth-order valence-corrected chi connectivity index (χ4v) is 2.75. The number of para-hydroxylation sites is 2. The maximum atomic E-state index is 10.7. The molecule has 3 nitrogen and oxygen atoms in total. The highest BCUT2D eigenvalue weighted by atomic mass is 16.1. The Morgan fingerprint density at radius 2 is 1.38 bits per heavy atom. The third kappa shape index (κ3) is 2.42. The van der Waals surface area contributed by atoms with Crippen LogP contribution in [-0.4, -0.2) is 26.5 Å². The van der Waals surface area contributed by atoms with Crippen molar-refractivity contribution in [1.82, 2.24) is 0 Å². The molecule has 0 bridgehead atoms. The van der Waals surface area contributed by atoms with Crippen LogP contribution in [-0.2, 0) is 0 Å². The van der Waals surface area contributed by atoms with Gasteiger partial charge in [-0.25, -0.2) is 0 Å². The molecular formula is C18H18N2O. The first kappa shape index (κ1) is 13.4. The quantitative estimate of drug-likeness (QED) is 0.804. The van der Waals surface area contributed by atoms with E-state index in [4.69, 9.17) is 0 Å². The predicted octanol–water partition coefficient (Wildman–Crippen LogP) is 3.42. The monoisotopic (exact) mass is 278 g/mol. The van der Waals surface area contributed by atoms with Gasteiger partial charge in [0, 0.05) is 19.7 Å². The molecule has 1 aliphatic heterocycles. The number of aldehydes is 1. The van der Waals surface area contributed by atoms with Crippen LogP contribution in [0, 0.1) is 0 Å². The SMILES string of the molecule is CN1c2ccccc2N(C)C1C=Cc1ccc(C=O)cc1. The van der Waals surface area contributed by atoms with Crippen LogP contribution in [0.3, 0.4) is 0 Å². The van der Waals surface area contributed by atoms with E-state index in [-0.39, 0.29) is 6.17 Å². The lowest BCUT2D eigenvalue weighted by atomic mass is 10.1. The minimum absolute atomic E-state index is 0.202. The highest BCUT2D eigenvalue weighted by Crippen LogP contribution is 2.37. The fraction of sp³-hybridized carbons (Fsp3) is 0.167. The molecule has 21 heavy (non-hydrogen) atoms. The normalized spacial score (nSPS) is 14.8. The van der Waals surface area contributed by atoms with Gasteiger partial charge in [0.25, 0.3) is 0 Å². The van der Waals surface area contributed by atoms with Gasteiger partial charge in [-0.1, -0.05) is 42.5 Å². The Labute approximate surface area is 125 Å². The van der Waals surface area contributed by atoms with Crippen LogP contribution in [0.15, 0.2) is 54.6 Å². The van der Waals surface area contributed by atoms with Crippen molar-refractivity contribution >= 4 is 23.7 Å². The van der Waals surface area contributed by atoms with Crippen molar-refractivity contribution < 1.29 is 4.79 Å². The zero-order chi connectivity index (χ0) is 14.8.